The Balaban J connectivity index is 1.45. The van der Waals surface area contributed by atoms with Crippen molar-refractivity contribution in [1.82, 2.24) is 19.8 Å². The van der Waals surface area contributed by atoms with Gasteiger partial charge in [-0.1, -0.05) is 47.7 Å². The summed E-state index contributed by atoms with van der Waals surface area (Å²) in [6.45, 7) is 0.434. The summed E-state index contributed by atoms with van der Waals surface area (Å²) in [5, 5.41) is 13.9. The van der Waals surface area contributed by atoms with Crippen LogP contribution in [0.2, 0.25) is 0 Å². The molecule has 5 nitrogen and oxygen atoms in total. The van der Waals surface area contributed by atoms with E-state index in [1.807, 2.05) is 53.0 Å². The van der Waals surface area contributed by atoms with E-state index in [9.17, 15) is 0 Å². The number of nitrogens with zero attached hydrogens (tertiary/aromatic N) is 4. The first kappa shape index (κ1) is 15.2. The lowest BCUT2D eigenvalue weighted by atomic mass is 10.3. The molecule has 2 heterocycles. The monoisotopic (exact) mass is 354 g/mol. The van der Waals surface area contributed by atoms with Crippen molar-refractivity contribution in [3.05, 3.63) is 71.5 Å². The SMILES string of the molecule is c1ccc(OCc2nn3c(CSc4ccccc4)nnc3s2)cc1. The van der Waals surface area contributed by atoms with E-state index in [-0.39, 0.29) is 0 Å². The molecule has 0 bridgehead atoms. The highest BCUT2D eigenvalue weighted by Gasteiger charge is 2.12. The summed E-state index contributed by atoms with van der Waals surface area (Å²) in [5.74, 6) is 2.41. The first-order valence-electron chi connectivity index (χ1n) is 7.44. The fourth-order valence-corrected chi connectivity index (χ4v) is 3.76. The van der Waals surface area contributed by atoms with Crippen molar-refractivity contribution >= 4 is 28.1 Å². The van der Waals surface area contributed by atoms with Crippen molar-refractivity contribution in [1.29, 1.82) is 0 Å². The van der Waals surface area contributed by atoms with Gasteiger partial charge in [-0.05, 0) is 24.3 Å². The average Bonchev–Trinajstić information content (AvgIpc) is 3.20. The van der Waals surface area contributed by atoms with Crippen molar-refractivity contribution in [2.45, 2.75) is 17.3 Å². The molecule has 0 fully saturated rings. The highest BCUT2D eigenvalue weighted by Crippen LogP contribution is 2.23. The molecule has 0 aliphatic carbocycles. The topological polar surface area (TPSA) is 52.3 Å². The van der Waals surface area contributed by atoms with Crippen LogP contribution in [0.4, 0.5) is 0 Å². The fourth-order valence-electron chi connectivity index (χ4n) is 2.17. The third kappa shape index (κ3) is 3.42. The zero-order chi connectivity index (χ0) is 16.2. The number of para-hydroxylation sites is 1. The Bertz CT molecular complexity index is 922. The number of ether oxygens (including phenoxy) is 1. The van der Waals surface area contributed by atoms with Gasteiger partial charge >= 0.3 is 0 Å². The summed E-state index contributed by atoms with van der Waals surface area (Å²) >= 11 is 3.23. The summed E-state index contributed by atoms with van der Waals surface area (Å²) in [4.78, 5) is 2.00. The van der Waals surface area contributed by atoms with Gasteiger partial charge in [0.15, 0.2) is 10.8 Å². The molecule has 0 unspecified atom stereocenters. The largest absolute Gasteiger partial charge is 0.486 e. The maximum Gasteiger partial charge on any atom is 0.234 e. The van der Waals surface area contributed by atoms with Crippen molar-refractivity contribution in [3.63, 3.8) is 0 Å². The van der Waals surface area contributed by atoms with Crippen LogP contribution in [0.3, 0.4) is 0 Å². The quantitative estimate of drug-likeness (QED) is 0.489. The maximum absolute atomic E-state index is 5.74. The van der Waals surface area contributed by atoms with E-state index in [2.05, 4.69) is 27.4 Å². The van der Waals surface area contributed by atoms with Crippen LogP contribution in [0.15, 0.2) is 65.6 Å². The zero-order valence-electron chi connectivity index (χ0n) is 12.7. The van der Waals surface area contributed by atoms with Crippen molar-refractivity contribution in [2.75, 3.05) is 0 Å². The number of aromatic nitrogens is 4. The molecule has 120 valence electrons. The van der Waals surface area contributed by atoms with Crippen LogP contribution in [0.1, 0.15) is 10.8 Å². The molecule has 2 aromatic carbocycles. The number of thioether (sulfide) groups is 1. The molecule has 2 aromatic heterocycles. The van der Waals surface area contributed by atoms with Gasteiger partial charge in [0.2, 0.25) is 4.96 Å². The Hall–Kier alpha value is -2.38. The molecule has 0 aliphatic heterocycles. The minimum atomic E-state index is 0.434. The number of fused-ring (bicyclic) bond motifs is 1. The molecule has 0 saturated heterocycles. The van der Waals surface area contributed by atoms with Crippen LogP contribution in [0.5, 0.6) is 5.75 Å². The second kappa shape index (κ2) is 7.02. The third-order valence-corrected chi connectivity index (χ3v) is 5.19. The first-order valence-corrected chi connectivity index (χ1v) is 9.24. The van der Waals surface area contributed by atoms with Gasteiger partial charge in [-0.25, -0.2) is 0 Å². The van der Waals surface area contributed by atoms with Gasteiger partial charge in [0.1, 0.15) is 12.4 Å². The second-order valence-corrected chi connectivity index (χ2v) is 7.10. The molecule has 0 aliphatic rings. The zero-order valence-corrected chi connectivity index (χ0v) is 14.3. The fraction of sp³-hybridized carbons (Fsp3) is 0.118. The summed E-state index contributed by atoms with van der Waals surface area (Å²) in [5.41, 5.74) is 0. The highest BCUT2D eigenvalue weighted by molar-refractivity contribution is 7.98. The van der Waals surface area contributed by atoms with Crippen LogP contribution in [0, 0.1) is 0 Å². The van der Waals surface area contributed by atoms with Gasteiger partial charge in [-0.15, -0.1) is 22.0 Å². The Morgan fingerprint density at radius 2 is 1.71 bits per heavy atom. The van der Waals surface area contributed by atoms with Crippen molar-refractivity contribution in [2.24, 2.45) is 0 Å². The molecular weight excluding hydrogens is 340 g/mol. The Kier molecular flexibility index (Phi) is 4.44. The lowest BCUT2D eigenvalue weighted by Crippen LogP contribution is -1.98. The van der Waals surface area contributed by atoms with E-state index < -0.39 is 0 Å². The Labute approximate surface area is 147 Å². The van der Waals surface area contributed by atoms with Crippen LogP contribution in [-0.2, 0) is 12.4 Å². The molecule has 24 heavy (non-hydrogen) atoms. The van der Waals surface area contributed by atoms with E-state index >= 15 is 0 Å². The van der Waals surface area contributed by atoms with Gasteiger partial charge in [0.05, 0.1) is 5.75 Å². The third-order valence-electron chi connectivity index (χ3n) is 3.31. The Morgan fingerprint density at radius 1 is 0.958 bits per heavy atom. The Morgan fingerprint density at radius 3 is 2.50 bits per heavy atom. The summed E-state index contributed by atoms with van der Waals surface area (Å²) < 4.78 is 7.55. The predicted octanol–water partition coefficient (Wildman–Crippen LogP) is 4.06. The van der Waals surface area contributed by atoms with E-state index in [1.165, 1.54) is 16.2 Å². The van der Waals surface area contributed by atoms with E-state index in [0.717, 1.165) is 27.3 Å². The normalized spacial score (nSPS) is 11.0. The minimum absolute atomic E-state index is 0.434. The summed E-state index contributed by atoms with van der Waals surface area (Å²) in [6, 6.07) is 20.0. The van der Waals surface area contributed by atoms with Gasteiger partial charge < -0.3 is 4.74 Å². The van der Waals surface area contributed by atoms with Crippen LogP contribution < -0.4 is 4.74 Å². The second-order valence-electron chi connectivity index (χ2n) is 5.01. The van der Waals surface area contributed by atoms with Crippen LogP contribution in [-0.4, -0.2) is 19.8 Å². The molecule has 0 N–H and O–H groups in total. The van der Waals surface area contributed by atoms with E-state index in [1.54, 1.807) is 11.8 Å². The average molecular weight is 354 g/mol. The molecule has 4 rings (SSSR count). The highest BCUT2D eigenvalue weighted by atomic mass is 32.2. The van der Waals surface area contributed by atoms with Crippen molar-refractivity contribution < 1.29 is 4.74 Å². The number of benzene rings is 2. The first-order chi connectivity index (χ1) is 11.9. The van der Waals surface area contributed by atoms with Gasteiger partial charge in [0, 0.05) is 4.90 Å². The maximum atomic E-state index is 5.74. The smallest absolute Gasteiger partial charge is 0.234 e. The van der Waals surface area contributed by atoms with Crippen LogP contribution in [0.25, 0.3) is 4.96 Å². The van der Waals surface area contributed by atoms with Gasteiger partial charge in [-0.3, -0.25) is 0 Å². The number of hydrogen-bond donors (Lipinski definition) is 0. The predicted molar refractivity (Wildman–Crippen MR) is 95.4 cm³/mol. The lowest BCUT2D eigenvalue weighted by Gasteiger charge is -2.02. The molecule has 7 heteroatoms. The molecular formula is C17H14N4OS2. The lowest BCUT2D eigenvalue weighted by molar-refractivity contribution is 0.304. The van der Waals surface area contributed by atoms with Crippen molar-refractivity contribution in [3.8, 4) is 5.75 Å². The standard InChI is InChI=1S/C17H14N4OS2/c1-3-7-13(8-4-1)22-11-16-20-21-15(18-19-17(21)24-16)12-23-14-9-5-2-6-10-14/h1-10H,11-12H2. The minimum Gasteiger partial charge on any atom is -0.486 e. The molecule has 0 saturated carbocycles. The molecule has 0 spiro atoms. The van der Waals surface area contributed by atoms with E-state index in [4.69, 9.17) is 4.74 Å². The molecule has 0 atom stereocenters. The molecule has 0 amide bonds. The number of rotatable bonds is 6. The molecule has 4 aromatic rings. The summed E-state index contributed by atoms with van der Waals surface area (Å²) in [6.07, 6.45) is 0. The molecule has 0 radical (unpaired) electrons. The number of hydrogen-bond acceptors (Lipinski definition) is 6. The summed E-state index contributed by atoms with van der Waals surface area (Å²) in [7, 11) is 0. The van der Waals surface area contributed by atoms with E-state index in [0.29, 0.717) is 6.61 Å². The van der Waals surface area contributed by atoms with Gasteiger partial charge in [-0.2, -0.15) is 9.61 Å². The van der Waals surface area contributed by atoms with Crippen LogP contribution >= 0.6 is 23.1 Å². The van der Waals surface area contributed by atoms with Gasteiger partial charge in [0.25, 0.3) is 0 Å².